The molecule has 0 spiro atoms. The third-order valence-electron chi connectivity index (χ3n) is 1.16. The van der Waals surface area contributed by atoms with E-state index in [1.807, 2.05) is 0 Å². The quantitative estimate of drug-likeness (QED) is 0.220. The van der Waals surface area contributed by atoms with Crippen LogP contribution in [0.2, 0.25) is 0 Å². The molecule has 0 saturated carbocycles. The molecule has 0 aliphatic rings. The van der Waals surface area contributed by atoms with Crippen LogP contribution >= 0.6 is 0 Å². The highest BCUT2D eigenvalue weighted by atomic mass is 16.2. The fourth-order valence-corrected chi connectivity index (χ4v) is 0.595. The molecular formula is C5H7N7O2. The first-order chi connectivity index (χ1) is 6.63. The standard InChI is InChI=1S/C5H7N7O2/c6-3-1-2-12(5(14)8-3)11-10-4(13)9-7/h1-2H,7H2,(H,9,13)(H2,6,8,14). The monoisotopic (exact) mass is 197 g/mol. The summed E-state index contributed by atoms with van der Waals surface area (Å²) in [5, 5.41) is 6.27. The number of rotatable bonds is 1. The molecule has 14 heavy (non-hydrogen) atoms. The van der Waals surface area contributed by atoms with Crippen molar-refractivity contribution in [2.45, 2.75) is 0 Å². The van der Waals surface area contributed by atoms with Crippen LogP contribution in [-0.4, -0.2) is 15.7 Å². The van der Waals surface area contributed by atoms with Gasteiger partial charge in [-0.2, -0.15) is 9.66 Å². The lowest BCUT2D eigenvalue weighted by atomic mass is 10.6. The minimum atomic E-state index is -0.881. The van der Waals surface area contributed by atoms with Gasteiger partial charge < -0.3 is 5.73 Å². The van der Waals surface area contributed by atoms with Gasteiger partial charge in [0.15, 0.2) is 0 Å². The number of hydrogen-bond donors (Lipinski definition) is 3. The summed E-state index contributed by atoms with van der Waals surface area (Å²) in [5.74, 6) is 4.78. The maximum atomic E-state index is 11.0. The molecule has 0 aliphatic heterocycles. The van der Waals surface area contributed by atoms with E-state index in [0.29, 0.717) is 0 Å². The molecule has 0 saturated heterocycles. The number of carbonyl (C=O) groups is 1. The van der Waals surface area contributed by atoms with Crippen molar-refractivity contribution < 1.29 is 4.79 Å². The van der Waals surface area contributed by atoms with Crippen molar-refractivity contribution in [3.05, 3.63) is 22.7 Å². The van der Waals surface area contributed by atoms with Crippen molar-refractivity contribution in [2.75, 3.05) is 5.73 Å². The Morgan fingerprint density at radius 1 is 1.64 bits per heavy atom. The first-order valence-electron chi connectivity index (χ1n) is 3.41. The van der Waals surface area contributed by atoms with E-state index in [9.17, 15) is 9.59 Å². The number of hydrazine groups is 1. The fourth-order valence-electron chi connectivity index (χ4n) is 0.595. The smallest absolute Gasteiger partial charge is 0.375 e. The Hall–Kier alpha value is -2.29. The van der Waals surface area contributed by atoms with Crippen LogP contribution in [-0.2, 0) is 0 Å². The van der Waals surface area contributed by atoms with E-state index in [1.165, 1.54) is 12.3 Å². The second-order valence-corrected chi connectivity index (χ2v) is 2.12. The molecule has 0 atom stereocenters. The molecule has 74 valence electrons. The number of carbonyl (C=O) groups excluding carboxylic acids is 1. The van der Waals surface area contributed by atoms with Gasteiger partial charge in [0.05, 0.1) is 0 Å². The lowest BCUT2D eigenvalue weighted by Gasteiger charge is -1.94. The topological polar surface area (TPSA) is 141 Å². The van der Waals surface area contributed by atoms with E-state index < -0.39 is 11.7 Å². The number of anilines is 1. The van der Waals surface area contributed by atoms with Gasteiger partial charge in [0.2, 0.25) is 0 Å². The van der Waals surface area contributed by atoms with Gasteiger partial charge in [-0.1, -0.05) is 10.3 Å². The van der Waals surface area contributed by atoms with Crippen molar-refractivity contribution in [1.82, 2.24) is 15.1 Å². The third kappa shape index (κ3) is 2.35. The van der Waals surface area contributed by atoms with E-state index in [0.717, 1.165) is 4.68 Å². The normalized spacial score (nSPS) is 10.4. The highest BCUT2D eigenvalue weighted by Crippen LogP contribution is 1.89. The molecule has 0 aliphatic carbocycles. The summed E-state index contributed by atoms with van der Waals surface area (Å²) in [6.07, 6.45) is 1.22. The van der Waals surface area contributed by atoms with Crippen molar-refractivity contribution in [3.8, 4) is 0 Å². The molecule has 1 aromatic rings. The number of nitrogens with zero attached hydrogens (tertiary/aromatic N) is 4. The number of aromatic nitrogens is 2. The number of urea groups is 1. The number of amides is 2. The van der Waals surface area contributed by atoms with Gasteiger partial charge in [-0.15, -0.1) is 0 Å². The molecule has 1 rings (SSSR count). The molecular weight excluding hydrogens is 190 g/mol. The van der Waals surface area contributed by atoms with Gasteiger partial charge in [-0.25, -0.2) is 15.4 Å². The van der Waals surface area contributed by atoms with E-state index >= 15 is 0 Å². The Balaban J connectivity index is 2.93. The lowest BCUT2D eigenvalue weighted by Crippen LogP contribution is -2.27. The van der Waals surface area contributed by atoms with Crippen LogP contribution < -0.4 is 22.7 Å². The average Bonchev–Trinajstić information content (AvgIpc) is 2.16. The van der Waals surface area contributed by atoms with Crippen LogP contribution in [0.1, 0.15) is 0 Å². The predicted octanol–water partition coefficient (Wildman–Crippen LogP) is -1.38. The zero-order valence-corrected chi connectivity index (χ0v) is 6.91. The third-order valence-corrected chi connectivity index (χ3v) is 1.16. The van der Waals surface area contributed by atoms with Crippen LogP contribution in [0, 0.1) is 0 Å². The molecule has 5 N–H and O–H groups in total. The van der Waals surface area contributed by atoms with Crippen LogP contribution in [0.15, 0.2) is 27.4 Å². The molecule has 9 nitrogen and oxygen atoms in total. The van der Waals surface area contributed by atoms with Crippen LogP contribution in [0.4, 0.5) is 10.6 Å². The van der Waals surface area contributed by atoms with Gasteiger partial charge in [-0.3, -0.25) is 5.43 Å². The van der Waals surface area contributed by atoms with Gasteiger partial charge in [0.1, 0.15) is 5.82 Å². The zero-order valence-electron chi connectivity index (χ0n) is 6.91. The summed E-state index contributed by atoms with van der Waals surface area (Å²) >= 11 is 0. The van der Waals surface area contributed by atoms with E-state index in [1.54, 1.807) is 5.43 Å². The van der Waals surface area contributed by atoms with Gasteiger partial charge in [0, 0.05) is 6.20 Å². The predicted molar refractivity (Wildman–Crippen MR) is 45.9 cm³/mol. The second-order valence-electron chi connectivity index (χ2n) is 2.12. The van der Waals surface area contributed by atoms with Crippen molar-refractivity contribution in [3.63, 3.8) is 0 Å². The first-order valence-corrected chi connectivity index (χ1v) is 3.41. The lowest BCUT2D eigenvalue weighted by molar-refractivity contribution is 0.247. The maximum Gasteiger partial charge on any atom is 0.375 e. The number of nitrogen functional groups attached to an aromatic ring is 1. The second kappa shape index (κ2) is 4.09. The van der Waals surface area contributed by atoms with Gasteiger partial charge in [0.25, 0.3) is 0 Å². The summed E-state index contributed by atoms with van der Waals surface area (Å²) < 4.78 is 0.742. The number of nitrogens with one attached hydrogen (secondary N) is 1. The molecule has 2 amide bonds. The summed E-state index contributed by atoms with van der Waals surface area (Å²) in [7, 11) is 0. The zero-order chi connectivity index (χ0) is 10.6. The fraction of sp³-hybridized carbons (Fsp3) is 0. The molecule has 9 heteroatoms. The SMILES string of the molecule is NNC(=O)N=Nn1ccc(N)nc1=O. The Bertz CT molecular complexity index is 422. The maximum absolute atomic E-state index is 11.0. The molecule has 1 heterocycles. The van der Waals surface area contributed by atoms with Crippen molar-refractivity contribution in [1.29, 1.82) is 0 Å². The summed E-state index contributed by atoms with van der Waals surface area (Å²) in [6, 6.07) is 0.453. The highest BCUT2D eigenvalue weighted by molar-refractivity contribution is 5.73. The molecule has 0 fully saturated rings. The number of nitrogens with two attached hydrogens (primary N) is 2. The highest BCUT2D eigenvalue weighted by Gasteiger charge is 1.96. The molecule has 1 aromatic heterocycles. The molecule has 0 bridgehead atoms. The van der Waals surface area contributed by atoms with Crippen LogP contribution in [0.25, 0.3) is 0 Å². The van der Waals surface area contributed by atoms with Crippen molar-refractivity contribution in [2.24, 2.45) is 16.2 Å². The minimum absolute atomic E-state index is 0.0599. The summed E-state index contributed by atoms with van der Waals surface area (Å²) in [5.41, 5.74) is 6.18. The molecule has 0 aromatic carbocycles. The molecule has 0 unspecified atom stereocenters. The Morgan fingerprint density at radius 3 is 2.93 bits per heavy atom. The van der Waals surface area contributed by atoms with E-state index in [2.05, 4.69) is 15.3 Å². The Kier molecular flexibility index (Phi) is 2.86. The Labute approximate surface area is 77.4 Å². The molecule has 0 radical (unpaired) electrons. The summed E-state index contributed by atoms with van der Waals surface area (Å²) in [6.45, 7) is 0. The largest absolute Gasteiger partial charge is 0.383 e. The van der Waals surface area contributed by atoms with E-state index in [-0.39, 0.29) is 5.82 Å². The summed E-state index contributed by atoms with van der Waals surface area (Å²) in [4.78, 5) is 24.8. The van der Waals surface area contributed by atoms with E-state index in [4.69, 9.17) is 11.6 Å². The minimum Gasteiger partial charge on any atom is -0.383 e. The first kappa shape index (κ1) is 9.80. The Morgan fingerprint density at radius 2 is 2.36 bits per heavy atom. The number of hydrogen-bond acceptors (Lipinski definition) is 6. The van der Waals surface area contributed by atoms with Crippen LogP contribution in [0.3, 0.4) is 0 Å². The van der Waals surface area contributed by atoms with Crippen LogP contribution in [0.5, 0.6) is 0 Å². The average molecular weight is 197 g/mol. The van der Waals surface area contributed by atoms with Gasteiger partial charge in [-0.05, 0) is 6.07 Å². The van der Waals surface area contributed by atoms with Gasteiger partial charge >= 0.3 is 11.7 Å². The van der Waals surface area contributed by atoms with Crippen molar-refractivity contribution >= 4 is 11.8 Å².